The number of hydrogen-bond acceptors (Lipinski definition) is 3. The van der Waals surface area contributed by atoms with Crippen LogP contribution in [-0.2, 0) is 24.1 Å². The monoisotopic (exact) mass is 388 g/mol. The molecule has 146 valence electrons. The zero-order valence-electron chi connectivity index (χ0n) is 15.6. The van der Waals surface area contributed by atoms with Crippen molar-refractivity contribution in [1.82, 2.24) is 9.55 Å². The maximum atomic E-state index is 12.9. The molecule has 0 aliphatic rings. The van der Waals surface area contributed by atoms with Gasteiger partial charge in [-0.1, -0.05) is 19.6 Å². The molecular formula is C18H27F3N2O2Si. The molecule has 0 bridgehead atoms. The summed E-state index contributed by atoms with van der Waals surface area (Å²) in [5.41, 5.74) is 0.272. The van der Waals surface area contributed by atoms with Crippen LogP contribution in [0.2, 0.25) is 25.7 Å². The van der Waals surface area contributed by atoms with Crippen LogP contribution in [0.1, 0.15) is 24.2 Å². The lowest BCUT2D eigenvalue weighted by molar-refractivity contribution is -0.137. The number of fused-ring (bicyclic) bond motifs is 1. The maximum absolute atomic E-state index is 12.9. The fourth-order valence-electron chi connectivity index (χ4n) is 2.62. The highest BCUT2D eigenvalue weighted by Crippen LogP contribution is 2.31. The minimum Gasteiger partial charge on any atom is -0.396 e. The van der Waals surface area contributed by atoms with Crippen LogP contribution >= 0.6 is 0 Å². The van der Waals surface area contributed by atoms with Gasteiger partial charge in [0.05, 0.1) is 16.6 Å². The topological polar surface area (TPSA) is 47.3 Å². The Morgan fingerprint density at radius 3 is 2.54 bits per heavy atom. The van der Waals surface area contributed by atoms with Gasteiger partial charge in [0, 0.05) is 27.7 Å². The third-order valence-electron chi connectivity index (χ3n) is 4.18. The van der Waals surface area contributed by atoms with E-state index in [1.165, 1.54) is 6.07 Å². The first-order chi connectivity index (χ1) is 12.1. The van der Waals surface area contributed by atoms with Gasteiger partial charge in [-0.3, -0.25) is 0 Å². The molecule has 1 aromatic heterocycles. The van der Waals surface area contributed by atoms with Crippen molar-refractivity contribution >= 4 is 19.1 Å². The number of unbranched alkanes of at least 4 members (excludes halogenated alkanes) is 1. The van der Waals surface area contributed by atoms with Gasteiger partial charge in [0.25, 0.3) is 0 Å². The summed E-state index contributed by atoms with van der Waals surface area (Å²) < 4.78 is 46.5. The van der Waals surface area contributed by atoms with Crippen molar-refractivity contribution < 1.29 is 23.0 Å². The second-order valence-electron chi connectivity index (χ2n) is 7.69. The van der Waals surface area contributed by atoms with E-state index in [4.69, 9.17) is 9.84 Å². The van der Waals surface area contributed by atoms with Gasteiger partial charge in [0.2, 0.25) is 0 Å². The molecule has 0 saturated carbocycles. The van der Waals surface area contributed by atoms with E-state index in [0.29, 0.717) is 36.3 Å². The number of aliphatic hydroxyl groups excluding tert-OH is 1. The van der Waals surface area contributed by atoms with Gasteiger partial charge in [-0.2, -0.15) is 13.2 Å². The van der Waals surface area contributed by atoms with E-state index < -0.39 is 19.8 Å². The summed E-state index contributed by atoms with van der Waals surface area (Å²) in [6, 6.07) is 4.66. The van der Waals surface area contributed by atoms with E-state index in [0.717, 1.165) is 24.6 Å². The summed E-state index contributed by atoms with van der Waals surface area (Å²) in [5.74, 6) is 0.695. The van der Waals surface area contributed by atoms with E-state index in [2.05, 4.69) is 24.6 Å². The van der Waals surface area contributed by atoms with Crippen molar-refractivity contribution in [3.8, 4) is 0 Å². The molecule has 0 aliphatic carbocycles. The number of halogens is 3. The van der Waals surface area contributed by atoms with E-state index in [1.54, 1.807) is 0 Å². The highest BCUT2D eigenvalue weighted by molar-refractivity contribution is 6.76. The lowest BCUT2D eigenvalue weighted by Gasteiger charge is -2.16. The third-order valence-corrected chi connectivity index (χ3v) is 5.88. The van der Waals surface area contributed by atoms with Crippen LogP contribution in [-0.4, -0.2) is 35.9 Å². The highest BCUT2D eigenvalue weighted by atomic mass is 28.3. The van der Waals surface area contributed by atoms with Gasteiger partial charge < -0.3 is 14.4 Å². The Hall–Kier alpha value is -1.38. The third kappa shape index (κ3) is 5.82. The zero-order valence-corrected chi connectivity index (χ0v) is 16.6. The fraction of sp³-hybridized carbons (Fsp3) is 0.611. The number of aromatic nitrogens is 2. The molecular weight excluding hydrogens is 361 g/mol. The number of aryl methyl sites for hydroxylation is 1. The Morgan fingerprint density at radius 1 is 1.19 bits per heavy atom. The van der Waals surface area contributed by atoms with Gasteiger partial charge in [-0.15, -0.1) is 0 Å². The largest absolute Gasteiger partial charge is 0.416 e. The summed E-state index contributed by atoms with van der Waals surface area (Å²) in [5, 5.41) is 8.96. The Bertz CT molecular complexity index is 724. The van der Waals surface area contributed by atoms with E-state index in [1.807, 2.05) is 4.57 Å². The van der Waals surface area contributed by atoms with Crippen molar-refractivity contribution in [2.24, 2.45) is 0 Å². The van der Waals surface area contributed by atoms with E-state index in [-0.39, 0.29) is 13.3 Å². The van der Waals surface area contributed by atoms with Crippen molar-refractivity contribution in [3.05, 3.63) is 29.6 Å². The van der Waals surface area contributed by atoms with E-state index in [9.17, 15) is 13.2 Å². The number of imidazole rings is 1. The van der Waals surface area contributed by atoms with Gasteiger partial charge in [0.15, 0.2) is 0 Å². The highest BCUT2D eigenvalue weighted by Gasteiger charge is 2.31. The fourth-order valence-corrected chi connectivity index (χ4v) is 3.38. The van der Waals surface area contributed by atoms with Gasteiger partial charge in [-0.25, -0.2) is 4.98 Å². The first-order valence-electron chi connectivity index (χ1n) is 8.87. The Kier molecular flexibility index (Phi) is 6.87. The normalized spacial score (nSPS) is 12.9. The summed E-state index contributed by atoms with van der Waals surface area (Å²) in [7, 11) is -1.20. The van der Waals surface area contributed by atoms with Crippen LogP contribution in [0, 0.1) is 0 Å². The molecule has 2 aromatic rings. The van der Waals surface area contributed by atoms with Crippen LogP contribution in [0.4, 0.5) is 13.2 Å². The average Bonchev–Trinajstić information content (AvgIpc) is 2.87. The first-order valence-corrected chi connectivity index (χ1v) is 12.6. The van der Waals surface area contributed by atoms with Crippen LogP contribution < -0.4 is 0 Å². The summed E-state index contributed by atoms with van der Waals surface area (Å²) in [4.78, 5) is 4.40. The van der Waals surface area contributed by atoms with Crippen molar-refractivity contribution in [3.63, 3.8) is 0 Å². The number of nitrogens with zero attached hydrogens (tertiary/aromatic N) is 2. The number of ether oxygens (including phenoxy) is 1. The van der Waals surface area contributed by atoms with Crippen molar-refractivity contribution in [2.45, 2.75) is 57.9 Å². The van der Waals surface area contributed by atoms with Gasteiger partial charge in [-0.05, 0) is 37.1 Å². The molecule has 0 radical (unpaired) electrons. The van der Waals surface area contributed by atoms with Crippen molar-refractivity contribution in [2.75, 3.05) is 13.2 Å². The second kappa shape index (κ2) is 8.54. The Labute approximate surface area is 153 Å². The number of aliphatic hydroxyl groups is 1. The molecule has 0 fully saturated rings. The molecule has 1 heterocycles. The molecule has 0 spiro atoms. The first kappa shape index (κ1) is 20.9. The standard InChI is InChI=1S/C18H27F3N2O2Si/c1-26(2,3)11-10-25-13-23-16-8-7-14(18(19,20)21)12-15(16)22-17(23)6-4-5-9-24/h7-8,12,24H,4-6,9-11,13H2,1-3H3. The maximum Gasteiger partial charge on any atom is 0.416 e. The molecule has 0 amide bonds. The zero-order chi connectivity index (χ0) is 19.4. The van der Waals surface area contributed by atoms with Crippen LogP contribution in [0.25, 0.3) is 11.0 Å². The van der Waals surface area contributed by atoms with E-state index >= 15 is 0 Å². The Balaban J connectivity index is 2.23. The van der Waals surface area contributed by atoms with Crippen LogP contribution in [0.5, 0.6) is 0 Å². The molecule has 26 heavy (non-hydrogen) atoms. The molecule has 0 unspecified atom stereocenters. The average molecular weight is 389 g/mol. The molecule has 2 rings (SSSR count). The molecule has 0 aliphatic heterocycles. The lowest BCUT2D eigenvalue weighted by atomic mass is 10.2. The lowest BCUT2D eigenvalue weighted by Crippen LogP contribution is -2.22. The molecule has 1 aromatic carbocycles. The molecule has 0 atom stereocenters. The number of alkyl halides is 3. The molecule has 4 nitrogen and oxygen atoms in total. The second-order valence-corrected chi connectivity index (χ2v) is 13.3. The number of hydrogen-bond donors (Lipinski definition) is 1. The van der Waals surface area contributed by atoms with Crippen LogP contribution in [0.3, 0.4) is 0 Å². The quantitative estimate of drug-likeness (QED) is 0.501. The minimum absolute atomic E-state index is 0.0885. The Morgan fingerprint density at radius 2 is 1.92 bits per heavy atom. The molecule has 8 heteroatoms. The predicted octanol–water partition coefficient (Wildman–Crippen LogP) is 4.68. The SMILES string of the molecule is C[Si](C)(C)CCOCn1c(CCCCO)nc2cc(C(F)(F)F)ccc21. The molecule has 0 saturated heterocycles. The number of rotatable bonds is 9. The van der Waals surface area contributed by atoms with Crippen LogP contribution in [0.15, 0.2) is 18.2 Å². The molecule has 1 N–H and O–H groups in total. The summed E-state index contributed by atoms with van der Waals surface area (Å²) in [6.45, 7) is 7.80. The van der Waals surface area contributed by atoms with Gasteiger partial charge in [0.1, 0.15) is 12.6 Å². The minimum atomic E-state index is -4.39. The number of benzene rings is 1. The van der Waals surface area contributed by atoms with Crippen molar-refractivity contribution in [1.29, 1.82) is 0 Å². The summed E-state index contributed by atoms with van der Waals surface area (Å²) >= 11 is 0. The summed E-state index contributed by atoms with van der Waals surface area (Å²) in [6.07, 6.45) is -2.44. The van der Waals surface area contributed by atoms with Gasteiger partial charge >= 0.3 is 6.18 Å². The smallest absolute Gasteiger partial charge is 0.396 e. The predicted molar refractivity (Wildman–Crippen MR) is 98.9 cm³/mol.